The molecule has 2 heterocycles. The van der Waals surface area contributed by atoms with Gasteiger partial charge in [0.1, 0.15) is 0 Å². The second kappa shape index (κ2) is 10.6. The van der Waals surface area contributed by atoms with Gasteiger partial charge in [0.15, 0.2) is 23.0 Å². The van der Waals surface area contributed by atoms with Crippen LogP contribution in [-0.4, -0.2) is 4.98 Å². The van der Waals surface area contributed by atoms with Crippen LogP contribution >= 0.6 is 0 Å². The van der Waals surface area contributed by atoms with Gasteiger partial charge in [-0.05, 0) is 57.6 Å². The van der Waals surface area contributed by atoms with Crippen molar-refractivity contribution < 1.29 is 9.47 Å². The number of aromatic nitrogens is 1. The first-order valence-corrected chi connectivity index (χ1v) is 16.0. The molecule has 0 N–H and O–H groups in total. The van der Waals surface area contributed by atoms with Gasteiger partial charge in [-0.25, -0.2) is 4.98 Å². The molecule has 0 spiro atoms. The number of rotatable bonds is 4. The molecule has 3 nitrogen and oxygen atoms in total. The van der Waals surface area contributed by atoms with Crippen molar-refractivity contribution >= 4 is 0 Å². The van der Waals surface area contributed by atoms with Gasteiger partial charge in [0, 0.05) is 27.7 Å². The molecule has 1 aliphatic carbocycles. The summed E-state index contributed by atoms with van der Waals surface area (Å²) in [6, 6.07) is 52.8. The lowest BCUT2D eigenvalue weighted by atomic mass is 9.82. The highest BCUT2D eigenvalue weighted by Gasteiger charge is 2.39. The molecule has 7 aromatic rings. The molecule has 0 fully saturated rings. The van der Waals surface area contributed by atoms with Crippen LogP contribution in [0.3, 0.4) is 0 Å². The van der Waals surface area contributed by atoms with E-state index in [9.17, 15) is 0 Å². The molecule has 9 rings (SSSR count). The smallest absolute Gasteiger partial charge is 0.178 e. The monoisotopic (exact) mass is 605 g/mol. The Morgan fingerprint density at radius 1 is 0.426 bits per heavy atom. The third-order valence-corrected chi connectivity index (χ3v) is 9.56. The maximum absolute atomic E-state index is 6.86. The Kier molecular flexibility index (Phi) is 6.16. The number of para-hydroxylation sites is 1. The molecule has 0 unspecified atom stereocenters. The van der Waals surface area contributed by atoms with Crippen molar-refractivity contribution in [3.05, 3.63) is 163 Å². The lowest BCUT2D eigenvalue weighted by Crippen LogP contribution is -2.15. The van der Waals surface area contributed by atoms with E-state index in [0.29, 0.717) is 5.75 Å². The first-order chi connectivity index (χ1) is 23.0. The molecular weight excluding hydrogens is 574 g/mol. The molecule has 0 atom stereocenters. The Morgan fingerprint density at radius 3 is 1.77 bits per heavy atom. The van der Waals surface area contributed by atoms with Gasteiger partial charge in [-0.1, -0.05) is 141 Å². The first-order valence-electron chi connectivity index (χ1n) is 16.0. The number of hydrogen-bond acceptors (Lipinski definition) is 3. The topological polar surface area (TPSA) is 31.4 Å². The number of ether oxygens (including phenoxy) is 2. The summed E-state index contributed by atoms with van der Waals surface area (Å²) in [4.78, 5) is 5.12. The highest BCUT2D eigenvalue weighted by atomic mass is 16.6. The summed E-state index contributed by atoms with van der Waals surface area (Å²) in [6.45, 7) is 4.56. The van der Waals surface area contributed by atoms with E-state index >= 15 is 0 Å². The second-order valence-corrected chi connectivity index (χ2v) is 12.8. The third kappa shape index (κ3) is 4.46. The number of benzene rings is 6. The van der Waals surface area contributed by atoms with Crippen molar-refractivity contribution in [3.8, 4) is 78.9 Å². The largest absolute Gasteiger partial charge is 0.449 e. The van der Waals surface area contributed by atoms with Gasteiger partial charge in [-0.2, -0.15) is 0 Å². The minimum Gasteiger partial charge on any atom is -0.449 e. The molecule has 1 aromatic heterocycles. The number of nitrogens with zero attached hydrogens (tertiary/aromatic N) is 1. The molecule has 0 saturated heterocycles. The van der Waals surface area contributed by atoms with Gasteiger partial charge in [-0.3, -0.25) is 0 Å². The Hall–Kier alpha value is -5.93. The standard InChI is InChI=1S/C44H31NO2/c1-44(2)35-18-10-9-16-34(35)41-36(44)24-25-40-43(41)47-42-33(17-11-19-39(42)46-40)29-20-22-31(23-21-29)38-27-32(28-12-5-3-6-13-28)26-37(45-38)30-14-7-4-8-15-30/h3-27H,1-2H3. The number of fused-ring (bicyclic) bond motifs is 6. The minimum absolute atomic E-state index is 0.119. The molecule has 6 aromatic carbocycles. The Balaban J connectivity index is 1.11. The molecule has 3 heteroatoms. The number of pyridine rings is 1. The van der Waals surface area contributed by atoms with Crippen LogP contribution < -0.4 is 9.47 Å². The van der Waals surface area contributed by atoms with Crippen LogP contribution in [0.2, 0.25) is 0 Å². The highest BCUT2D eigenvalue weighted by Crippen LogP contribution is 2.59. The van der Waals surface area contributed by atoms with Crippen molar-refractivity contribution in [3.63, 3.8) is 0 Å². The third-order valence-electron chi connectivity index (χ3n) is 9.56. The van der Waals surface area contributed by atoms with E-state index < -0.39 is 0 Å². The van der Waals surface area contributed by atoms with E-state index in [1.165, 1.54) is 16.7 Å². The lowest BCUT2D eigenvalue weighted by Gasteiger charge is -2.26. The van der Waals surface area contributed by atoms with Crippen LogP contribution in [0.25, 0.3) is 55.9 Å². The van der Waals surface area contributed by atoms with E-state index in [1.54, 1.807) is 0 Å². The fourth-order valence-corrected chi connectivity index (χ4v) is 7.13. The van der Waals surface area contributed by atoms with Crippen molar-refractivity contribution in [1.82, 2.24) is 4.98 Å². The molecular formula is C44H31NO2. The molecule has 47 heavy (non-hydrogen) atoms. The highest BCUT2D eigenvalue weighted by molar-refractivity contribution is 5.89. The first kappa shape index (κ1) is 27.4. The Bertz CT molecular complexity index is 2250. The Labute approximate surface area is 274 Å². The second-order valence-electron chi connectivity index (χ2n) is 12.8. The molecule has 0 bridgehead atoms. The molecule has 2 aliphatic rings. The van der Waals surface area contributed by atoms with E-state index in [4.69, 9.17) is 14.5 Å². The molecule has 224 valence electrons. The summed E-state index contributed by atoms with van der Waals surface area (Å²) in [6.07, 6.45) is 0. The maximum atomic E-state index is 6.86. The van der Waals surface area contributed by atoms with E-state index in [2.05, 4.69) is 135 Å². The summed E-state index contributed by atoms with van der Waals surface area (Å²) < 4.78 is 13.4. The van der Waals surface area contributed by atoms with Gasteiger partial charge < -0.3 is 9.47 Å². The Morgan fingerprint density at radius 2 is 1.02 bits per heavy atom. The van der Waals surface area contributed by atoms with Crippen molar-refractivity contribution in [2.75, 3.05) is 0 Å². The van der Waals surface area contributed by atoms with Crippen molar-refractivity contribution in [1.29, 1.82) is 0 Å². The zero-order valence-electron chi connectivity index (χ0n) is 26.2. The van der Waals surface area contributed by atoms with Gasteiger partial charge >= 0.3 is 0 Å². The summed E-state index contributed by atoms with van der Waals surface area (Å²) >= 11 is 0. The van der Waals surface area contributed by atoms with Gasteiger partial charge in [0.05, 0.1) is 11.4 Å². The zero-order chi connectivity index (χ0) is 31.5. The normalized spacial score (nSPS) is 13.4. The maximum Gasteiger partial charge on any atom is 0.178 e. The van der Waals surface area contributed by atoms with E-state index in [0.717, 1.165) is 67.6 Å². The van der Waals surface area contributed by atoms with E-state index in [-0.39, 0.29) is 5.41 Å². The van der Waals surface area contributed by atoms with Crippen LogP contribution in [0, 0.1) is 0 Å². The zero-order valence-corrected chi connectivity index (χ0v) is 26.2. The van der Waals surface area contributed by atoms with Gasteiger partial charge in [-0.15, -0.1) is 0 Å². The predicted octanol–water partition coefficient (Wildman–Crippen LogP) is 12.0. The van der Waals surface area contributed by atoms with Crippen molar-refractivity contribution in [2.45, 2.75) is 19.3 Å². The van der Waals surface area contributed by atoms with Gasteiger partial charge in [0.2, 0.25) is 0 Å². The van der Waals surface area contributed by atoms with Gasteiger partial charge in [0.25, 0.3) is 0 Å². The average Bonchev–Trinajstić information content (AvgIpc) is 3.37. The predicted molar refractivity (Wildman–Crippen MR) is 190 cm³/mol. The van der Waals surface area contributed by atoms with Crippen LogP contribution in [0.15, 0.2) is 152 Å². The molecule has 0 saturated carbocycles. The van der Waals surface area contributed by atoms with Crippen LogP contribution in [0.1, 0.15) is 25.0 Å². The lowest BCUT2D eigenvalue weighted by molar-refractivity contribution is 0.361. The van der Waals surface area contributed by atoms with E-state index in [1.807, 2.05) is 30.3 Å². The quantitative estimate of drug-likeness (QED) is 0.200. The minimum atomic E-state index is -0.119. The molecule has 0 radical (unpaired) electrons. The van der Waals surface area contributed by atoms with Crippen LogP contribution in [0.5, 0.6) is 23.0 Å². The molecule has 1 aliphatic heterocycles. The SMILES string of the molecule is CC1(C)c2ccccc2-c2c1ccc1c2Oc2c(cccc2-c2ccc(-c3cc(-c4ccccc4)cc(-c4ccccc4)n3)cc2)O1. The fraction of sp³-hybridized carbons (Fsp3) is 0.0682. The molecule has 0 amide bonds. The summed E-state index contributed by atoms with van der Waals surface area (Å²) in [7, 11) is 0. The fourth-order valence-electron chi connectivity index (χ4n) is 7.13. The summed E-state index contributed by atoms with van der Waals surface area (Å²) in [5.41, 5.74) is 13.1. The summed E-state index contributed by atoms with van der Waals surface area (Å²) in [5.74, 6) is 2.98. The van der Waals surface area contributed by atoms with Crippen molar-refractivity contribution in [2.24, 2.45) is 0 Å². The average molecular weight is 606 g/mol. The van der Waals surface area contributed by atoms with Crippen LogP contribution in [-0.2, 0) is 5.41 Å². The number of hydrogen-bond donors (Lipinski definition) is 0. The summed E-state index contributed by atoms with van der Waals surface area (Å²) in [5, 5.41) is 0. The van der Waals surface area contributed by atoms with Crippen LogP contribution in [0.4, 0.5) is 0 Å².